The number of carbonyl (C=O) groups excluding carboxylic acids is 1. The number of nitrogens with zero attached hydrogens (tertiary/aromatic N) is 2. The highest BCUT2D eigenvalue weighted by Crippen LogP contribution is 2.32. The Bertz CT molecular complexity index is 632. The molecule has 8 heteroatoms. The molecular formula is C14H15ClN2O5. The van der Waals surface area contributed by atoms with Gasteiger partial charge in [-0.15, -0.1) is 0 Å². The molecule has 1 atom stereocenters. The summed E-state index contributed by atoms with van der Waals surface area (Å²) in [6.07, 6.45) is -0.0299. The smallest absolute Gasteiger partial charge is 0.354 e. The van der Waals surface area contributed by atoms with Gasteiger partial charge in [-0.2, -0.15) is 5.10 Å². The van der Waals surface area contributed by atoms with Crippen LogP contribution in [0.1, 0.15) is 13.3 Å². The van der Waals surface area contributed by atoms with Gasteiger partial charge < -0.3 is 14.6 Å². The number of carboxylic acid groups (broad SMARTS) is 1. The highest BCUT2D eigenvalue weighted by atomic mass is 35.5. The van der Waals surface area contributed by atoms with Crippen LogP contribution < -0.4 is 9.75 Å². The zero-order valence-electron chi connectivity index (χ0n) is 12.1. The van der Waals surface area contributed by atoms with E-state index >= 15 is 0 Å². The second-order valence-electron chi connectivity index (χ2n) is 4.49. The number of ether oxygens (including phenoxy) is 2. The van der Waals surface area contributed by atoms with Gasteiger partial charge in [0.2, 0.25) is 0 Å². The lowest BCUT2D eigenvalue weighted by Crippen LogP contribution is -2.34. The molecule has 2 rings (SSSR count). The Hall–Kier alpha value is -2.28. The first-order valence-corrected chi connectivity index (χ1v) is 6.96. The second-order valence-corrected chi connectivity index (χ2v) is 4.90. The van der Waals surface area contributed by atoms with Crippen LogP contribution in [-0.2, 0) is 14.3 Å². The Kier molecular flexibility index (Phi) is 4.87. The number of carbonyl (C=O) groups is 2. The molecule has 0 aliphatic carbocycles. The Morgan fingerprint density at radius 2 is 2.23 bits per heavy atom. The van der Waals surface area contributed by atoms with E-state index in [1.807, 2.05) is 0 Å². The molecule has 118 valence electrons. The lowest BCUT2D eigenvalue weighted by molar-refractivity contribution is -0.138. The first-order valence-electron chi connectivity index (χ1n) is 6.58. The molecule has 1 aromatic rings. The minimum absolute atomic E-state index is 0.0299. The van der Waals surface area contributed by atoms with Gasteiger partial charge in [0.15, 0.2) is 6.04 Å². The molecule has 0 amide bonds. The fraction of sp³-hybridized carbons (Fsp3) is 0.357. The van der Waals surface area contributed by atoms with Gasteiger partial charge in [0, 0.05) is 6.42 Å². The molecule has 0 saturated heterocycles. The summed E-state index contributed by atoms with van der Waals surface area (Å²) in [4.78, 5) is 23.1. The highest BCUT2D eigenvalue weighted by molar-refractivity contribution is 6.38. The Morgan fingerprint density at radius 1 is 1.50 bits per heavy atom. The number of hydrogen-bond acceptors (Lipinski definition) is 6. The molecule has 0 aromatic heterocycles. The van der Waals surface area contributed by atoms with Crippen molar-refractivity contribution in [3.63, 3.8) is 0 Å². The van der Waals surface area contributed by atoms with Gasteiger partial charge in [0.25, 0.3) is 0 Å². The third-order valence-electron chi connectivity index (χ3n) is 3.11. The van der Waals surface area contributed by atoms with Crippen molar-refractivity contribution in [2.75, 3.05) is 18.7 Å². The molecule has 1 aliphatic heterocycles. The number of anilines is 1. The van der Waals surface area contributed by atoms with Crippen LogP contribution in [0.3, 0.4) is 0 Å². The summed E-state index contributed by atoms with van der Waals surface area (Å²) in [5.74, 6) is -1.24. The predicted octanol–water partition coefficient (Wildman–Crippen LogP) is 1.93. The molecule has 0 unspecified atom stereocenters. The van der Waals surface area contributed by atoms with E-state index < -0.39 is 18.0 Å². The van der Waals surface area contributed by atoms with Crippen molar-refractivity contribution < 1.29 is 24.2 Å². The molecule has 0 spiro atoms. The Morgan fingerprint density at radius 3 is 2.77 bits per heavy atom. The molecule has 0 bridgehead atoms. The number of halogens is 1. The van der Waals surface area contributed by atoms with Crippen molar-refractivity contribution in [2.45, 2.75) is 19.4 Å². The van der Waals surface area contributed by atoms with Crippen LogP contribution in [0.25, 0.3) is 0 Å². The average Bonchev–Trinajstić information content (AvgIpc) is 2.93. The van der Waals surface area contributed by atoms with Gasteiger partial charge in [0.05, 0.1) is 24.4 Å². The maximum atomic E-state index is 11.7. The minimum atomic E-state index is -1.09. The van der Waals surface area contributed by atoms with E-state index in [2.05, 4.69) is 5.10 Å². The summed E-state index contributed by atoms with van der Waals surface area (Å²) in [5.41, 5.74) is 0.527. The number of methoxy groups -OCH3 is 1. The molecule has 0 radical (unpaired) electrons. The molecule has 0 saturated carbocycles. The number of carboxylic acids is 1. The van der Waals surface area contributed by atoms with Crippen molar-refractivity contribution in [2.24, 2.45) is 5.10 Å². The maximum Gasteiger partial charge on any atom is 0.354 e. The number of aliphatic carboxylic acids is 1. The molecule has 1 N–H and O–H groups in total. The van der Waals surface area contributed by atoms with E-state index in [0.717, 1.165) is 0 Å². The zero-order valence-corrected chi connectivity index (χ0v) is 12.8. The highest BCUT2D eigenvalue weighted by Gasteiger charge is 2.37. The van der Waals surface area contributed by atoms with Crippen molar-refractivity contribution in [3.8, 4) is 5.75 Å². The number of hydrazone groups is 1. The summed E-state index contributed by atoms with van der Waals surface area (Å²) >= 11 is 6.04. The molecule has 1 heterocycles. The van der Waals surface area contributed by atoms with E-state index in [1.54, 1.807) is 19.1 Å². The third-order valence-corrected chi connectivity index (χ3v) is 3.40. The van der Waals surface area contributed by atoms with Crippen LogP contribution >= 0.6 is 11.6 Å². The summed E-state index contributed by atoms with van der Waals surface area (Å²) < 4.78 is 9.91. The van der Waals surface area contributed by atoms with Gasteiger partial charge in [0.1, 0.15) is 11.5 Å². The number of esters is 1. The van der Waals surface area contributed by atoms with Crippen molar-refractivity contribution >= 4 is 34.9 Å². The fourth-order valence-corrected chi connectivity index (χ4v) is 2.33. The van der Waals surface area contributed by atoms with Crippen LogP contribution in [0.5, 0.6) is 5.75 Å². The number of rotatable bonds is 5. The first-order chi connectivity index (χ1) is 10.5. The maximum absolute atomic E-state index is 11.7. The van der Waals surface area contributed by atoms with Crippen LogP contribution in [0.15, 0.2) is 23.3 Å². The Labute approximate surface area is 132 Å². The van der Waals surface area contributed by atoms with E-state index in [1.165, 1.54) is 18.2 Å². The topological polar surface area (TPSA) is 88.4 Å². The second kappa shape index (κ2) is 6.65. The quantitative estimate of drug-likeness (QED) is 0.832. The largest absolute Gasteiger partial charge is 0.495 e. The zero-order chi connectivity index (χ0) is 16.3. The summed E-state index contributed by atoms with van der Waals surface area (Å²) in [5, 5.41) is 15.0. The van der Waals surface area contributed by atoms with Crippen molar-refractivity contribution in [1.29, 1.82) is 0 Å². The molecule has 22 heavy (non-hydrogen) atoms. The van der Waals surface area contributed by atoms with Crippen LogP contribution in [0.2, 0.25) is 5.02 Å². The van der Waals surface area contributed by atoms with Crippen molar-refractivity contribution in [1.82, 2.24) is 0 Å². The minimum Gasteiger partial charge on any atom is -0.495 e. The lowest BCUT2D eigenvalue weighted by atomic mass is 10.1. The lowest BCUT2D eigenvalue weighted by Gasteiger charge is -2.20. The Balaban J connectivity index is 2.34. The summed E-state index contributed by atoms with van der Waals surface area (Å²) in [6.45, 7) is 1.87. The van der Waals surface area contributed by atoms with E-state index in [0.29, 0.717) is 16.5 Å². The number of hydrogen-bond donors (Lipinski definition) is 1. The molecular weight excluding hydrogens is 312 g/mol. The van der Waals surface area contributed by atoms with Crippen LogP contribution in [-0.4, -0.2) is 42.5 Å². The van der Waals surface area contributed by atoms with Crippen LogP contribution in [0.4, 0.5) is 5.69 Å². The van der Waals surface area contributed by atoms with Gasteiger partial charge in [-0.1, -0.05) is 11.6 Å². The average molecular weight is 327 g/mol. The molecule has 7 nitrogen and oxygen atoms in total. The van der Waals surface area contributed by atoms with E-state index in [9.17, 15) is 14.7 Å². The van der Waals surface area contributed by atoms with Gasteiger partial charge in [-0.25, -0.2) is 9.59 Å². The van der Waals surface area contributed by atoms with E-state index in [4.69, 9.17) is 21.1 Å². The molecule has 1 aliphatic rings. The standard InChI is InChI=1S/C14H15ClN2O5/c1-3-22-14(20)10-7-11(13(18)19)17(16-10)8-4-5-12(21-2)9(15)6-8/h4-6,11H,3,7H2,1-2H3,(H,18,19)/t11-/m1/s1. The summed E-state index contributed by atoms with van der Waals surface area (Å²) in [7, 11) is 1.48. The monoisotopic (exact) mass is 326 g/mol. The first kappa shape index (κ1) is 16.1. The summed E-state index contributed by atoms with van der Waals surface area (Å²) in [6, 6.07) is 3.78. The van der Waals surface area contributed by atoms with Crippen molar-refractivity contribution in [3.05, 3.63) is 23.2 Å². The van der Waals surface area contributed by atoms with Gasteiger partial charge in [-0.05, 0) is 25.1 Å². The van der Waals surface area contributed by atoms with Gasteiger partial charge in [-0.3, -0.25) is 5.01 Å². The molecule has 0 fully saturated rings. The SMILES string of the molecule is CCOC(=O)C1=NN(c2ccc(OC)c(Cl)c2)[C@@H](C(=O)O)C1. The normalized spacial score (nSPS) is 17.1. The van der Waals surface area contributed by atoms with Crippen LogP contribution in [0, 0.1) is 0 Å². The number of benzene rings is 1. The van der Waals surface area contributed by atoms with E-state index in [-0.39, 0.29) is 18.7 Å². The molecule has 1 aromatic carbocycles. The predicted molar refractivity (Wildman–Crippen MR) is 80.6 cm³/mol. The third kappa shape index (κ3) is 3.14. The van der Waals surface area contributed by atoms with Gasteiger partial charge >= 0.3 is 11.9 Å². The fourth-order valence-electron chi connectivity index (χ4n) is 2.08.